The molecule has 1 aliphatic heterocycles. The summed E-state index contributed by atoms with van der Waals surface area (Å²) in [5.74, 6) is -0.531. The molecule has 2 fully saturated rings. The van der Waals surface area contributed by atoms with Crippen molar-refractivity contribution in [3.63, 3.8) is 0 Å². The fourth-order valence-corrected chi connectivity index (χ4v) is 4.45. The van der Waals surface area contributed by atoms with Crippen LogP contribution in [0, 0.1) is 11.8 Å². The van der Waals surface area contributed by atoms with Gasteiger partial charge in [0.2, 0.25) is 11.8 Å². The molecule has 0 aromatic heterocycles. The van der Waals surface area contributed by atoms with Gasteiger partial charge in [-0.25, -0.2) is 4.79 Å². The molecule has 1 aromatic rings. The third-order valence-corrected chi connectivity index (χ3v) is 6.38. The topological polar surface area (TPSA) is 117 Å². The average molecular weight is 480 g/mol. The number of alkyl carbamates (subject to hydrolysis) is 1. The SMILES string of the molecule is CC(C)CC(NC(=O)OC1(Cc2cccc(Cl)c2)CC1)C(=O)NC(CO)CC1CCNC1=O. The van der Waals surface area contributed by atoms with Crippen LogP contribution >= 0.6 is 11.6 Å². The largest absolute Gasteiger partial charge is 0.443 e. The van der Waals surface area contributed by atoms with Crippen molar-refractivity contribution in [2.45, 2.75) is 70.1 Å². The van der Waals surface area contributed by atoms with Crippen LogP contribution in [0.25, 0.3) is 0 Å². The van der Waals surface area contributed by atoms with E-state index in [1.165, 1.54) is 0 Å². The van der Waals surface area contributed by atoms with E-state index in [1.807, 2.05) is 32.0 Å². The molecule has 0 spiro atoms. The molecule has 9 heteroatoms. The average Bonchev–Trinajstić information content (AvgIpc) is 3.36. The number of halogens is 1. The van der Waals surface area contributed by atoms with E-state index in [0.29, 0.717) is 37.3 Å². The molecule has 3 amide bonds. The van der Waals surface area contributed by atoms with Gasteiger partial charge in [0.05, 0.1) is 12.6 Å². The van der Waals surface area contributed by atoms with E-state index < -0.39 is 29.7 Å². The Kier molecular flexibility index (Phi) is 8.59. The van der Waals surface area contributed by atoms with Gasteiger partial charge in [-0.3, -0.25) is 9.59 Å². The Morgan fingerprint density at radius 2 is 2.06 bits per heavy atom. The summed E-state index contributed by atoms with van der Waals surface area (Å²) in [6.45, 7) is 4.25. The fourth-order valence-electron chi connectivity index (χ4n) is 4.24. The first-order valence-electron chi connectivity index (χ1n) is 11.6. The molecule has 182 valence electrons. The van der Waals surface area contributed by atoms with Crippen LogP contribution < -0.4 is 16.0 Å². The van der Waals surface area contributed by atoms with Crippen LogP contribution in [-0.4, -0.2) is 53.9 Å². The number of amides is 3. The third kappa shape index (κ3) is 7.61. The molecule has 1 aromatic carbocycles. The number of carbonyl (C=O) groups is 3. The molecule has 3 rings (SSSR count). The molecule has 0 bridgehead atoms. The standard InChI is InChI=1S/C24H34ClN3O5/c1-15(2)10-20(22(31)27-19(14-29)12-17-6-9-26-21(17)30)28-23(32)33-24(7-8-24)13-16-4-3-5-18(25)11-16/h3-5,11,15,17,19-20,29H,6-10,12-14H2,1-2H3,(H,26,30)(H,27,31)(H,28,32). The zero-order valence-corrected chi connectivity index (χ0v) is 20.0. The summed E-state index contributed by atoms with van der Waals surface area (Å²) in [6.07, 6.45) is 2.90. The number of hydrogen-bond acceptors (Lipinski definition) is 5. The van der Waals surface area contributed by atoms with E-state index >= 15 is 0 Å². The highest BCUT2D eigenvalue weighted by molar-refractivity contribution is 6.30. The summed E-state index contributed by atoms with van der Waals surface area (Å²) in [4.78, 5) is 37.5. The summed E-state index contributed by atoms with van der Waals surface area (Å²) in [7, 11) is 0. The van der Waals surface area contributed by atoms with Crippen LogP contribution in [0.2, 0.25) is 5.02 Å². The van der Waals surface area contributed by atoms with Crippen molar-refractivity contribution in [3.05, 3.63) is 34.9 Å². The third-order valence-electron chi connectivity index (χ3n) is 6.15. The van der Waals surface area contributed by atoms with E-state index in [0.717, 1.165) is 18.4 Å². The van der Waals surface area contributed by atoms with Gasteiger partial charge in [-0.05, 0) is 55.7 Å². The monoisotopic (exact) mass is 479 g/mol. The number of aliphatic hydroxyl groups excluding tert-OH is 1. The first-order chi connectivity index (χ1) is 15.7. The summed E-state index contributed by atoms with van der Waals surface area (Å²) < 4.78 is 5.73. The number of ether oxygens (including phenoxy) is 1. The summed E-state index contributed by atoms with van der Waals surface area (Å²) in [5, 5.41) is 18.6. The lowest BCUT2D eigenvalue weighted by atomic mass is 9.97. The quantitative estimate of drug-likeness (QED) is 0.389. The maximum atomic E-state index is 12.9. The van der Waals surface area contributed by atoms with Gasteiger partial charge in [0.15, 0.2) is 0 Å². The van der Waals surface area contributed by atoms with Gasteiger partial charge in [-0.1, -0.05) is 37.6 Å². The summed E-state index contributed by atoms with van der Waals surface area (Å²) in [6, 6.07) is 6.11. The number of aliphatic hydroxyl groups is 1. The Bertz CT molecular complexity index is 858. The van der Waals surface area contributed by atoms with Gasteiger partial charge in [-0.2, -0.15) is 0 Å². The fraction of sp³-hybridized carbons (Fsp3) is 0.625. The Morgan fingerprint density at radius 1 is 1.30 bits per heavy atom. The predicted molar refractivity (Wildman–Crippen MR) is 125 cm³/mol. The van der Waals surface area contributed by atoms with Gasteiger partial charge in [-0.15, -0.1) is 0 Å². The van der Waals surface area contributed by atoms with Crippen LogP contribution in [0.3, 0.4) is 0 Å². The van der Waals surface area contributed by atoms with Crippen molar-refractivity contribution in [1.29, 1.82) is 0 Å². The van der Waals surface area contributed by atoms with Crippen molar-refractivity contribution in [2.24, 2.45) is 11.8 Å². The molecule has 1 saturated heterocycles. The second kappa shape index (κ2) is 11.2. The molecule has 1 saturated carbocycles. The van der Waals surface area contributed by atoms with E-state index in [1.54, 1.807) is 6.07 Å². The molecule has 2 aliphatic rings. The van der Waals surface area contributed by atoms with E-state index in [4.69, 9.17) is 16.3 Å². The Hall–Kier alpha value is -2.32. The second-order valence-corrected chi connectivity index (χ2v) is 10.0. The molecule has 4 N–H and O–H groups in total. The van der Waals surface area contributed by atoms with Crippen LogP contribution in [0.1, 0.15) is 51.5 Å². The maximum absolute atomic E-state index is 12.9. The van der Waals surface area contributed by atoms with Gasteiger partial charge in [0, 0.05) is 23.9 Å². The highest BCUT2D eigenvalue weighted by atomic mass is 35.5. The predicted octanol–water partition coefficient (Wildman–Crippen LogP) is 2.56. The molecule has 8 nitrogen and oxygen atoms in total. The zero-order chi connectivity index (χ0) is 24.0. The molecular formula is C24H34ClN3O5. The lowest BCUT2D eigenvalue weighted by molar-refractivity contribution is -0.126. The van der Waals surface area contributed by atoms with Crippen molar-refractivity contribution >= 4 is 29.5 Å². The first-order valence-corrected chi connectivity index (χ1v) is 12.0. The molecule has 33 heavy (non-hydrogen) atoms. The van der Waals surface area contributed by atoms with Crippen LogP contribution in [0.4, 0.5) is 4.79 Å². The Balaban J connectivity index is 1.56. The van der Waals surface area contributed by atoms with Crippen LogP contribution in [-0.2, 0) is 20.7 Å². The number of hydrogen-bond donors (Lipinski definition) is 4. The van der Waals surface area contributed by atoms with Gasteiger partial charge >= 0.3 is 6.09 Å². The van der Waals surface area contributed by atoms with Gasteiger partial charge in [0.1, 0.15) is 11.6 Å². The Morgan fingerprint density at radius 3 is 2.64 bits per heavy atom. The number of carbonyl (C=O) groups excluding carboxylic acids is 3. The van der Waals surface area contributed by atoms with E-state index in [9.17, 15) is 19.5 Å². The zero-order valence-electron chi connectivity index (χ0n) is 19.2. The number of benzene rings is 1. The molecule has 3 unspecified atom stereocenters. The summed E-state index contributed by atoms with van der Waals surface area (Å²) in [5.41, 5.74) is 0.419. The van der Waals surface area contributed by atoms with E-state index in [2.05, 4.69) is 16.0 Å². The van der Waals surface area contributed by atoms with Crippen molar-refractivity contribution in [3.8, 4) is 0 Å². The minimum atomic E-state index is -0.800. The van der Waals surface area contributed by atoms with Gasteiger partial charge < -0.3 is 25.8 Å². The molecule has 0 radical (unpaired) electrons. The number of rotatable bonds is 11. The smallest absolute Gasteiger partial charge is 0.408 e. The summed E-state index contributed by atoms with van der Waals surface area (Å²) >= 11 is 6.06. The number of nitrogens with one attached hydrogen (secondary N) is 3. The molecule has 1 aliphatic carbocycles. The van der Waals surface area contributed by atoms with Gasteiger partial charge in [0.25, 0.3) is 0 Å². The lowest BCUT2D eigenvalue weighted by Crippen LogP contribution is -2.52. The van der Waals surface area contributed by atoms with Crippen LogP contribution in [0.15, 0.2) is 24.3 Å². The minimum absolute atomic E-state index is 0.0578. The second-order valence-electron chi connectivity index (χ2n) is 9.61. The Labute approximate surface area is 199 Å². The van der Waals surface area contributed by atoms with E-state index in [-0.39, 0.29) is 24.3 Å². The minimum Gasteiger partial charge on any atom is -0.443 e. The normalized spacial score (nSPS) is 20.6. The molecule has 1 heterocycles. The van der Waals surface area contributed by atoms with Crippen LogP contribution in [0.5, 0.6) is 0 Å². The van der Waals surface area contributed by atoms with Crippen molar-refractivity contribution in [1.82, 2.24) is 16.0 Å². The highest BCUT2D eigenvalue weighted by Gasteiger charge is 2.47. The van der Waals surface area contributed by atoms with Crippen molar-refractivity contribution in [2.75, 3.05) is 13.2 Å². The highest BCUT2D eigenvalue weighted by Crippen LogP contribution is 2.42. The molecular weight excluding hydrogens is 446 g/mol. The first kappa shape index (κ1) is 25.3. The lowest BCUT2D eigenvalue weighted by Gasteiger charge is -2.25. The molecule has 3 atom stereocenters. The maximum Gasteiger partial charge on any atom is 0.408 e. The van der Waals surface area contributed by atoms with Crippen molar-refractivity contribution < 1.29 is 24.2 Å².